The van der Waals surface area contributed by atoms with Crippen LogP contribution in [0.2, 0.25) is 0 Å². The lowest BCUT2D eigenvalue weighted by Crippen LogP contribution is -1.72. The maximum absolute atomic E-state index is 4.15. The van der Waals surface area contributed by atoms with Gasteiger partial charge in [0.05, 0.1) is 5.01 Å². The molecule has 1 aromatic rings. The number of nitrogens with zero attached hydrogens (tertiary/aromatic N) is 1. The first kappa shape index (κ1) is 10.6. The third-order valence-corrected chi connectivity index (χ3v) is 2.14. The maximum Gasteiger partial charge on any atom is 0.0896 e. The molecule has 11 heavy (non-hydrogen) atoms. The summed E-state index contributed by atoms with van der Waals surface area (Å²) in [6.45, 7) is 8.24. The largest absolute Gasteiger partial charge is 0.250 e. The van der Waals surface area contributed by atoms with Crippen LogP contribution in [0.4, 0.5) is 0 Å². The summed E-state index contributed by atoms with van der Waals surface area (Å²) in [5.74, 6) is 0. The van der Waals surface area contributed by atoms with Gasteiger partial charge in [-0.25, -0.2) is 4.98 Å². The van der Waals surface area contributed by atoms with Gasteiger partial charge in [0.1, 0.15) is 0 Å². The lowest BCUT2D eigenvalue weighted by molar-refractivity contribution is 0.936. The minimum Gasteiger partial charge on any atom is -0.250 e. The smallest absolute Gasteiger partial charge is 0.0896 e. The van der Waals surface area contributed by atoms with Crippen molar-refractivity contribution in [2.75, 3.05) is 0 Å². The lowest BCUT2D eigenvalue weighted by atomic mass is 10.3. The van der Waals surface area contributed by atoms with E-state index in [4.69, 9.17) is 0 Å². The molecular weight excluding hydrogens is 154 g/mol. The van der Waals surface area contributed by atoms with E-state index in [0.717, 1.165) is 0 Å². The fourth-order valence-electron chi connectivity index (χ4n) is 0.767. The van der Waals surface area contributed by atoms with Gasteiger partial charge in [-0.15, -0.1) is 11.3 Å². The van der Waals surface area contributed by atoms with E-state index in [1.165, 1.54) is 22.7 Å². The van der Waals surface area contributed by atoms with Crippen molar-refractivity contribution in [2.24, 2.45) is 0 Å². The van der Waals surface area contributed by atoms with Gasteiger partial charge in [0, 0.05) is 11.1 Å². The molecule has 0 fully saturated rings. The van der Waals surface area contributed by atoms with E-state index in [1.54, 1.807) is 11.3 Å². The number of hydrogen-bond donors (Lipinski definition) is 0. The number of aryl methyl sites for hydroxylation is 2. The molecule has 0 bridgehead atoms. The molecule has 0 atom stereocenters. The maximum atomic E-state index is 4.15. The summed E-state index contributed by atoms with van der Waals surface area (Å²) in [7, 11) is 0. The molecule has 1 heterocycles. The fourth-order valence-corrected chi connectivity index (χ4v) is 1.66. The van der Waals surface area contributed by atoms with Crippen molar-refractivity contribution in [1.29, 1.82) is 0 Å². The van der Waals surface area contributed by atoms with Crippen LogP contribution in [0.25, 0.3) is 0 Å². The van der Waals surface area contributed by atoms with Crippen LogP contribution in [0.5, 0.6) is 0 Å². The van der Waals surface area contributed by atoms with Crippen molar-refractivity contribution >= 4 is 11.3 Å². The molecule has 1 rings (SSSR count). The van der Waals surface area contributed by atoms with Crippen LogP contribution in [0.15, 0.2) is 6.20 Å². The average molecular weight is 171 g/mol. The summed E-state index contributed by atoms with van der Waals surface area (Å²) in [4.78, 5) is 5.57. The summed E-state index contributed by atoms with van der Waals surface area (Å²) in [5.41, 5.74) is 0. The Morgan fingerprint density at radius 3 is 2.45 bits per heavy atom. The molecule has 0 amide bonds. The van der Waals surface area contributed by atoms with Crippen LogP contribution in [-0.4, -0.2) is 4.98 Å². The summed E-state index contributed by atoms with van der Waals surface area (Å²) in [6, 6.07) is 0. The second-order valence-corrected chi connectivity index (χ2v) is 3.41. The Morgan fingerprint density at radius 1 is 1.45 bits per heavy atom. The summed E-state index contributed by atoms with van der Waals surface area (Å²) in [5, 5.41) is 1.18. The number of thiazole rings is 1. The van der Waals surface area contributed by atoms with Gasteiger partial charge >= 0.3 is 0 Å². The molecule has 0 N–H and O–H groups in total. The van der Waals surface area contributed by atoms with E-state index in [2.05, 4.69) is 11.9 Å². The summed E-state index contributed by atoms with van der Waals surface area (Å²) in [6.07, 6.45) is 4.39. The standard InChI is InChI=1S/C7H11NS.C2H6/c1-3-4-7-5-8-6(2)9-7;1-2/h5H,3-4H2,1-2H3;1-2H3. The Morgan fingerprint density at radius 2 is 2.09 bits per heavy atom. The number of hydrogen-bond acceptors (Lipinski definition) is 2. The second-order valence-electron chi connectivity index (χ2n) is 2.10. The molecule has 2 heteroatoms. The molecule has 0 radical (unpaired) electrons. The zero-order valence-corrected chi connectivity index (χ0v) is 8.66. The Balaban J connectivity index is 0.000000461. The Labute approximate surface area is 73.5 Å². The SMILES string of the molecule is CC.CCCc1cnc(C)s1. The van der Waals surface area contributed by atoms with Gasteiger partial charge in [-0.2, -0.15) is 0 Å². The number of rotatable bonds is 2. The van der Waals surface area contributed by atoms with Crippen LogP contribution < -0.4 is 0 Å². The number of aromatic nitrogens is 1. The Kier molecular flexibility index (Phi) is 6.13. The van der Waals surface area contributed by atoms with Gasteiger partial charge < -0.3 is 0 Å². The first-order valence-corrected chi connectivity index (χ1v) is 5.06. The normalized spacial score (nSPS) is 8.73. The Bertz CT molecular complexity index is 181. The van der Waals surface area contributed by atoms with Gasteiger partial charge in [0.2, 0.25) is 0 Å². The Hall–Kier alpha value is -0.370. The van der Waals surface area contributed by atoms with E-state index < -0.39 is 0 Å². The minimum atomic E-state index is 1.18. The monoisotopic (exact) mass is 171 g/mol. The topological polar surface area (TPSA) is 12.9 Å². The molecule has 0 aliphatic heterocycles. The first-order chi connectivity index (χ1) is 5.33. The molecule has 0 unspecified atom stereocenters. The van der Waals surface area contributed by atoms with Crippen molar-refractivity contribution in [3.8, 4) is 0 Å². The highest BCUT2D eigenvalue weighted by atomic mass is 32.1. The van der Waals surface area contributed by atoms with E-state index in [0.29, 0.717) is 0 Å². The first-order valence-electron chi connectivity index (χ1n) is 4.24. The zero-order valence-electron chi connectivity index (χ0n) is 7.85. The average Bonchev–Trinajstić information content (AvgIpc) is 2.41. The molecular formula is C9H17NS. The molecule has 0 aliphatic carbocycles. The van der Waals surface area contributed by atoms with Crippen molar-refractivity contribution in [3.63, 3.8) is 0 Å². The van der Waals surface area contributed by atoms with E-state index >= 15 is 0 Å². The fraction of sp³-hybridized carbons (Fsp3) is 0.667. The van der Waals surface area contributed by atoms with Crippen molar-refractivity contribution in [2.45, 2.75) is 40.5 Å². The molecule has 1 aromatic heterocycles. The third kappa shape index (κ3) is 4.14. The van der Waals surface area contributed by atoms with E-state index in [1.807, 2.05) is 27.0 Å². The van der Waals surface area contributed by atoms with Crippen LogP contribution in [0.3, 0.4) is 0 Å². The van der Waals surface area contributed by atoms with Crippen molar-refractivity contribution < 1.29 is 0 Å². The predicted octanol–water partition coefficient (Wildman–Crippen LogP) is 3.43. The van der Waals surface area contributed by atoms with Gasteiger partial charge in [-0.05, 0) is 13.3 Å². The third-order valence-electron chi connectivity index (χ3n) is 1.17. The summed E-state index contributed by atoms with van der Waals surface area (Å²) < 4.78 is 0. The predicted molar refractivity (Wildman–Crippen MR) is 52.2 cm³/mol. The molecule has 0 saturated carbocycles. The second kappa shape index (κ2) is 6.35. The minimum absolute atomic E-state index is 1.18. The van der Waals surface area contributed by atoms with Crippen LogP contribution in [0, 0.1) is 6.92 Å². The zero-order chi connectivity index (χ0) is 8.69. The van der Waals surface area contributed by atoms with Gasteiger partial charge in [-0.3, -0.25) is 0 Å². The highest BCUT2D eigenvalue weighted by Crippen LogP contribution is 2.12. The van der Waals surface area contributed by atoms with Crippen LogP contribution in [0.1, 0.15) is 37.1 Å². The quantitative estimate of drug-likeness (QED) is 0.664. The van der Waals surface area contributed by atoms with Crippen LogP contribution in [-0.2, 0) is 6.42 Å². The van der Waals surface area contributed by atoms with Gasteiger partial charge in [0.25, 0.3) is 0 Å². The summed E-state index contributed by atoms with van der Waals surface area (Å²) >= 11 is 1.80. The van der Waals surface area contributed by atoms with Crippen LogP contribution >= 0.6 is 11.3 Å². The lowest BCUT2D eigenvalue weighted by Gasteiger charge is -1.85. The van der Waals surface area contributed by atoms with Crippen molar-refractivity contribution in [1.82, 2.24) is 4.98 Å². The molecule has 0 spiro atoms. The molecule has 0 aromatic carbocycles. The van der Waals surface area contributed by atoms with Gasteiger partial charge in [0.15, 0.2) is 0 Å². The van der Waals surface area contributed by atoms with Crippen molar-refractivity contribution in [3.05, 3.63) is 16.1 Å². The molecule has 0 saturated heterocycles. The highest BCUT2D eigenvalue weighted by Gasteiger charge is 1.93. The van der Waals surface area contributed by atoms with Gasteiger partial charge in [-0.1, -0.05) is 27.2 Å². The highest BCUT2D eigenvalue weighted by molar-refractivity contribution is 7.11. The van der Waals surface area contributed by atoms with E-state index in [-0.39, 0.29) is 0 Å². The van der Waals surface area contributed by atoms with E-state index in [9.17, 15) is 0 Å². The molecule has 0 aliphatic rings. The molecule has 1 nitrogen and oxygen atoms in total. The molecule has 64 valence electrons.